The van der Waals surface area contributed by atoms with E-state index in [2.05, 4.69) is 17.6 Å². The third kappa shape index (κ3) is 7.26. The molecule has 0 bridgehead atoms. The number of rotatable bonds is 6. The molecule has 1 unspecified atom stereocenters. The molecule has 0 radical (unpaired) electrons. The third-order valence-electron chi connectivity index (χ3n) is 1.68. The summed E-state index contributed by atoms with van der Waals surface area (Å²) in [6.07, 6.45) is 15.8. The van der Waals surface area contributed by atoms with E-state index in [0.29, 0.717) is 19.1 Å². The van der Waals surface area contributed by atoms with Crippen molar-refractivity contribution in [1.82, 2.24) is 0 Å². The van der Waals surface area contributed by atoms with Crippen LogP contribution in [0.25, 0.3) is 0 Å². The van der Waals surface area contributed by atoms with Crippen LogP contribution in [-0.2, 0) is 4.74 Å². The van der Waals surface area contributed by atoms with Gasteiger partial charge in [0.2, 0.25) is 0 Å². The zero-order chi connectivity index (χ0) is 10.6. The van der Waals surface area contributed by atoms with Crippen LogP contribution in [0.2, 0.25) is 0 Å². The van der Waals surface area contributed by atoms with Crippen molar-refractivity contribution in [3.05, 3.63) is 17.9 Å². The van der Waals surface area contributed by atoms with Crippen LogP contribution in [0.15, 0.2) is 17.9 Å². The molecule has 74 valence electrons. The highest BCUT2D eigenvalue weighted by Crippen LogP contribution is 2.07. The van der Waals surface area contributed by atoms with Crippen LogP contribution in [-0.4, -0.2) is 13.2 Å². The number of terminal acetylenes is 2. The fraction of sp³-hybridized carbons (Fsp3) is 0.462. The monoisotopic (exact) mass is 188 g/mol. The van der Waals surface area contributed by atoms with Gasteiger partial charge in [0.15, 0.2) is 0 Å². The molecule has 0 aliphatic heterocycles. The summed E-state index contributed by atoms with van der Waals surface area (Å²) in [4.78, 5) is 0. The summed E-state index contributed by atoms with van der Waals surface area (Å²) in [5.41, 5.74) is 3.03. The summed E-state index contributed by atoms with van der Waals surface area (Å²) < 4.78 is 5.25. The summed E-state index contributed by atoms with van der Waals surface area (Å²) in [5.74, 6) is 5.36. The van der Waals surface area contributed by atoms with Gasteiger partial charge in [-0.3, -0.25) is 0 Å². The van der Waals surface area contributed by atoms with E-state index in [1.54, 1.807) is 0 Å². The van der Waals surface area contributed by atoms with Crippen molar-refractivity contribution in [3.8, 4) is 24.7 Å². The highest BCUT2D eigenvalue weighted by molar-refractivity contribution is 4.92. The van der Waals surface area contributed by atoms with Gasteiger partial charge >= 0.3 is 0 Å². The Morgan fingerprint density at radius 2 is 2.14 bits per heavy atom. The lowest BCUT2D eigenvalue weighted by Crippen LogP contribution is -2.07. The first-order valence-electron chi connectivity index (χ1n) is 4.67. The van der Waals surface area contributed by atoms with Gasteiger partial charge in [0.25, 0.3) is 0 Å². The van der Waals surface area contributed by atoms with E-state index in [-0.39, 0.29) is 0 Å². The molecule has 0 saturated carbocycles. The molecular weight excluding hydrogens is 172 g/mol. The second-order valence-corrected chi connectivity index (χ2v) is 2.84. The number of hydrogen-bond donors (Lipinski definition) is 0. The van der Waals surface area contributed by atoms with Crippen LogP contribution in [0.3, 0.4) is 0 Å². The van der Waals surface area contributed by atoms with Crippen molar-refractivity contribution in [2.75, 3.05) is 13.2 Å². The lowest BCUT2D eigenvalue weighted by molar-refractivity contribution is 0.139. The average Bonchev–Trinajstić information content (AvgIpc) is 2.21. The summed E-state index contributed by atoms with van der Waals surface area (Å²) in [6, 6.07) is 0. The van der Waals surface area contributed by atoms with Crippen LogP contribution in [0.1, 0.15) is 19.8 Å². The summed E-state index contributed by atoms with van der Waals surface area (Å²) in [6.45, 7) is 2.90. The van der Waals surface area contributed by atoms with Crippen molar-refractivity contribution in [2.45, 2.75) is 19.8 Å². The maximum absolute atomic E-state index is 5.25. The standard InChI is InChI=1S/C13H16O/c1-4-7-9-13(10-8-5-2)12-14-11-6-3/h1,3,5,10,13H,7,9,11-12H2,2H3. The van der Waals surface area contributed by atoms with Crippen LogP contribution in [0, 0.1) is 30.6 Å². The summed E-state index contributed by atoms with van der Waals surface area (Å²) in [7, 11) is 0. The molecule has 14 heavy (non-hydrogen) atoms. The molecule has 0 spiro atoms. The molecular formula is C13H16O. The molecule has 0 rings (SSSR count). The van der Waals surface area contributed by atoms with E-state index in [1.165, 1.54) is 0 Å². The Bertz CT molecular complexity index is 269. The lowest BCUT2D eigenvalue weighted by atomic mass is 10.0. The number of hydrogen-bond acceptors (Lipinski definition) is 1. The predicted molar refractivity (Wildman–Crippen MR) is 59.5 cm³/mol. The molecule has 1 atom stereocenters. The summed E-state index contributed by atoms with van der Waals surface area (Å²) >= 11 is 0. The van der Waals surface area contributed by atoms with E-state index in [9.17, 15) is 0 Å². The van der Waals surface area contributed by atoms with Gasteiger partial charge in [-0.05, 0) is 25.5 Å². The fourth-order valence-electron chi connectivity index (χ4n) is 0.985. The first kappa shape index (κ1) is 12.6. The molecule has 0 fully saturated rings. The Kier molecular flexibility index (Phi) is 8.72. The lowest BCUT2D eigenvalue weighted by Gasteiger charge is -2.08. The van der Waals surface area contributed by atoms with Gasteiger partial charge in [-0.1, -0.05) is 5.92 Å². The second kappa shape index (κ2) is 9.69. The average molecular weight is 188 g/mol. The molecule has 1 nitrogen and oxygen atoms in total. The van der Waals surface area contributed by atoms with Gasteiger partial charge in [0, 0.05) is 12.3 Å². The zero-order valence-electron chi connectivity index (χ0n) is 8.62. The Morgan fingerprint density at radius 1 is 1.36 bits per heavy atom. The highest BCUT2D eigenvalue weighted by Gasteiger charge is 2.03. The quantitative estimate of drug-likeness (QED) is 0.353. The van der Waals surface area contributed by atoms with E-state index in [1.807, 2.05) is 19.1 Å². The molecule has 0 aromatic heterocycles. The van der Waals surface area contributed by atoms with Gasteiger partial charge in [0.05, 0.1) is 6.61 Å². The van der Waals surface area contributed by atoms with Gasteiger partial charge in [-0.2, -0.15) is 0 Å². The van der Waals surface area contributed by atoms with Gasteiger partial charge in [0.1, 0.15) is 6.61 Å². The number of ether oxygens (including phenoxy) is 1. The zero-order valence-corrected chi connectivity index (χ0v) is 8.62. The van der Waals surface area contributed by atoms with Crippen LogP contribution in [0.5, 0.6) is 0 Å². The SMILES string of the molecule is C#CCCC(C=C=CC)COCC#C. The van der Waals surface area contributed by atoms with E-state index < -0.39 is 0 Å². The van der Waals surface area contributed by atoms with E-state index in [4.69, 9.17) is 17.6 Å². The Balaban J connectivity index is 3.93. The molecule has 0 amide bonds. The molecule has 1 heteroatoms. The van der Waals surface area contributed by atoms with Gasteiger partial charge in [-0.15, -0.1) is 24.5 Å². The largest absolute Gasteiger partial charge is 0.368 e. The molecule has 0 saturated heterocycles. The van der Waals surface area contributed by atoms with Crippen LogP contribution < -0.4 is 0 Å². The maximum Gasteiger partial charge on any atom is 0.107 e. The molecule has 0 aliphatic rings. The Labute approximate surface area is 86.9 Å². The minimum Gasteiger partial charge on any atom is -0.368 e. The van der Waals surface area contributed by atoms with Crippen molar-refractivity contribution >= 4 is 0 Å². The molecule has 0 aromatic carbocycles. The summed E-state index contributed by atoms with van der Waals surface area (Å²) in [5, 5.41) is 0. The van der Waals surface area contributed by atoms with Crippen LogP contribution >= 0.6 is 0 Å². The highest BCUT2D eigenvalue weighted by atomic mass is 16.5. The second-order valence-electron chi connectivity index (χ2n) is 2.84. The van der Waals surface area contributed by atoms with Gasteiger partial charge < -0.3 is 4.74 Å². The minimum atomic E-state index is 0.315. The fourth-order valence-corrected chi connectivity index (χ4v) is 0.985. The Morgan fingerprint density at radius 3 is 2.71 bits per heavy atom. The maximum atomic E-state index is 5.25. The van der Waals surface area contributed by atoms with Crippen molar-refractivity contribution in [2.24, 2.45) is 5.92 Å². The van der Waals surface area contributed by atoms with Crippen molar-refractivity contribution < 1.29 is 4.74 Å². The first-order chi connectivity index (χ1) is 6.85. The van der Waals surface area contributed by atoms with E-state index in [0.717, 1.165) is 12.8 Å². The molecule has 0 heterocycles. The normalized spacial score (nSPS) is 10.5. The first-order valence-corrected chi connectivity index (χ1v) is 4.67. The predicted octanol–water partition coefficient (Wildman–Crippen LogP) is 2.40. The minimum absolute atomic E-state index is 0.315. The van der Waals surface area contributed by atoms with Gasteiger partial charge in [-0.25, -0.2) is 0 Å². The molecule has 0 aromatic rings. The Hall–Kier alpha value is -1.40. The third-order valence-corrected chi connectivity index (χ3v) is 1.68. The van der Waals surface area contributed by atoms with E-state index >= 15 is 0 Å². The topological polar surface area (TPSA) is 9.23 Å². The molecule has 0 aliphatic carbocycles. The van der Waals surface area contributed by atoms with Crippen LogP contribution in [0.4, 0.5) is 0 Å². The van der Waals surface area contributed by atoms with Crippen molar-refractivity contribution in [3.63, 3.8) is 0 Å². The van der Waals surface area contributed by atoms with Crippen molar-refractivity contribution in [1.29, 1.82) is 0 Å². The smallest absolute Gasteiger partial charge is 0.107 e. The molecule has 0 N–H and O–H groups in total.